The summed E-state index contributed by atoms with van der Waals surface area (Å²) in [7, 11) is -4.18. The zero-order valence-corrected chi connectivity index (χ0v) is 20.3. The number of anilines is 1. The highest BCUT2D eigenvalue weighted by Gasteiger charge is 2.45. The van der Waals surface area contributed by atoms with Crippen molar-refractivity contribution < 1.29 is 18.3 Å². The molecule has 180 valence electrons. The van der Waals surface area contributed by atoms with E-state index in [0.29, 0.717) is 0 Å². The lowest BCUT2D eigenvalue weighted by Crippen LogP contribution is -2.47. The fourth-order valence-corrected chi connectivity index (χ4v) is 5.22. The van der Waals surface area contributed by atoms with E-state index in [9.17, 15) is 13.2 Å². The van der Waals surface area contributed by atoms with Gasteiger partial charge in [-0.05, 0) is 47.2 Å². The Hall–Kier alpha value is -3.30. The molecule has 3 aromatic rings. The number of nitrogens with two attached hydrogens (primary N) is 1. The molecule has 0 spiro atoms. The Labute approximate surface area is 200 Å². The average molecular weight is 483 g/mol. The van der Waals surface area contributed by atoms with Gasteiger partial charge < -0.3 is 16.2 Å². The third-order valence-electron chi connectivity index (χ3n) is 5.22. The van der Waals surface area contributed by atoms with Crippen LogP contribution in [-0.4, -0.2) is 36.0 Å². The first-order valence-corrected chi connectivity index (χ1v) is 12.3. The third-order valence-corrected chi connectivity index (χ3v) is 7.32. The van der Waals surface area contributed by atoms with E-state index >= 15 is 0 Å². The van der Waals surface area contributed by atoms with Crippen LogP contribution in [0.15, 0.2) is 71.9 Å². The van der Waals surface area contributed by atoms with Gasteiger partial charge >= 0.3 is 5.97 Å². The number of nitrogens with one attached hydrogen (secondary N) is 1. The van der Waals surface area contributed by atoms with Crippen molar-refractivity contribution in [3.8, 4) is 0 Å². The van der Waals surface area contributed by atoms with Crippen molar-refractivity contribution >= 4 is 21.6 Å². The number of aromatic nitrogens is 2. The number of sulfone groups is 1. The summed E-state index contributed by atoms with van der Waals surface area (Å²) in [5, 5.41) is 11.5. The minimum Gasteiger partial charge on any atom is -0.480 e. The number of hydrogen-bond donors (Lipinski definition) is 3. The van der Waals surface area contributed by atoms with Gasteiger partial charge in [0.05, 0.1) is 5.69 Å². The van der Waals surface area contributed by atoms with Crippen LogP contribution in [0, 0.1) is 5.41 Å². The van der Waals surface area contributed by atoms with Gasteiger partial charge in [-0.2, -0.15) is 0 Å². The molecular formula is C25H30N4O4S. The predicted octanol–water partition coefficient (Wildman–Crippen LogP) is 3.39. The lowest BCUT2D eigenvalue weighted by atomic mass is 9.87. The van der Waals surface area contributed by atoms with Gasteiger partial charge in [-0.3, -0.25) is 4.79 Å². The van der Waals surface area contributed by atoms with E-state index in [1.165, 1.54) is 18.3 Å². The number of pyridine rings is 2. The van der Waals surface area contributed by atoms with Crippen LogP contribution in [0.25, 0.3) is 0 Å². The number of nitrogens with zero attached hydrogens (tertiary/aromatic N) is 2. The molecule has 0 bridgehead atoms. The Morgan fingerprint density at radius 3 is 2.18 bits per heavy atom. The second-order valence-corrected chi connectivity index (χ2v) is 11.6. The van der Waals surface area contributed by atoms with E-state index in [1.807, 2.05) is 24.3 Å². The number of hydrogen-bond acceptors (Lipinski definition) is 7. The molecule has 1 aromatic carbocycles. The lowest BCUT2D eigenvalue weighted by Gasteiger charge is -2.29. The maximum atomic E-state index is 13.7. The number of aliphatic carboxylic acids is 1. The molecule has 3 rings (SSSR count). The molecule has 4 N–H and O–H groups in total. The van der Waals surface area contributed by atoms with Crippen molar-refractivity contribution in [3.63, 3.8) is 0 Å². The van der Waals surface area contributed by atoms with Gasteiger partial charge in [0.25, 0.3) is 0 Å². The topological polar surface area (TPSA) is 135 Å². The molecule has 0 aliphatic heterocycles. The Morgan fingerprint density at radius 1 is 0.971 bits per heavy atom. The van der Waals surface area contributed by atoms with E-state index in [2.05, 4.69) is 36.1 Å². The number of benzene rings is 1. The SMILES string of the molecule is CC(C)(C)Cc1ccc(CC(N)(c2cccc(NCC(=O)O)n2)S(=O)(=O)c2ccccn2)cc1. The molecule has 0 fully saturated rings. The van der Waals surface area contributed by atoms with Gasteiger partial charge in [-0.25, -0.2) is 18.4 Å². The van der Waals surface area contributed by atoms with Crippen molar-refractivity contribution in [3.05, 3.63) is 83.7 Å². The minimum absolute atomic E-state index is 0.0446. The second kappa shape index (κ2) is 9.90. The van der Waals surface area contributed by atoms with Crippen LogP contribution in [0.3, 0.4) is 0 Å². The van der Waals surface area contributed by atoms with Crippen LogP contribution in [0.4, 0.5) is 5.82 Å². The van der Waals surface area contributed by atoms with Gasteiger partial charge in [0.1, 0.15) is 12.4 Å². The molecule has 0 amide bonds. The van der Waals surface area contributed by atoms with Gasteiger partial charge in [0.2, 0.25) is 9.84 Å². The molecule has 0 aliphatic carbocycles. The van der Waals surface area contributed by atoms with E-state index in [1.54, 1.807) is 24.3 Å². The summed E-state index contributed by atoms with van der Waals surface area (Å²) in [4.78, 5) is 17.4. The van der Waals surface area contributed by atoms with Crippen molar-refractivity contribution in [2.75, 3.05) is 11.9 Å². The number of carbonyl (C=O) groups is 1. The Bertz CT molecular complexity index is 1240. The Morgan fingerprint density at radius 2 is 1.62 bits per heavy atom. The molecule has 34 heavy (non-hydrogen) atoms. The van der Waals surface area contributed by atoms with Gasteiger partial charge in [-0.15, -0.1) is 0 Å². The van der Waals surface area contributed by atoms with Gasteiger partial charge in [0, 0.05) is 12.6 Å². The van der Waals surface area contributed by atoms with Crippen LogP contribution >= 0.6 is 0 Å². The maximum Gasteiger partial charge on any atom is 0.322 e. The first-order chi connectivity index (χ1) is 15.9. The summed E-state index contributed by atoms with van der Waals surface area (Å²) in [5.74, 6) is -0.853. The minimum atomic E-state index is -4.18. The van der Waals surface area contributed by atoms with Crippen molar-refractivity contribution in [1.82, 2.24) is 9.97 Å². The highest BCUT2D eigenvalue weighted by Crippen LogP contribution is 2.33. The molecule has 1 atom stereocenters. The van der Waals surface area contributed by atoms with Crippen LogP contribution in [-0.2, 0) is 32.3 Å². The zero-order valence-electron chi connectivity index (χ0n) is 19.5. The number of rotatable bonds is 9. The van der Waals surface area contributed by atoms with Crippen molar-refractivity contribution in [2.24, 2.45) is 11.1 Å². The highest BCUT2D eigenvalue weighted by atomic mass is 32.2. The molecule has 1 unspecified atom stereocenters. The fourth-order valence-electron chi connectivity index (χ4n) is 3.64. The molecule has 2 heterocycles. The molecule has 9 heteroatoms. The summed E-state index contributed by atoms with van der Waals surface area (Å²) in [6.45, 7) is 6.10. The average Bonchev–Trinajstić information content (AvgIpc) is 2.78. The summed E-state index contributed by atoms with van der Waals surface area (Å²) >= 11 is 0. The first-order valence-electron chi connectivity index (χ1n) is 10.9. The lowest BCUT2D eigenvalue weighted by molar-refractivity contribution is -0.134. The second-order valence-electron chi connectivity index (χ2n) is 9.45. The monoisotopic (exact) mass is 482 g/mol. The van der Waals surface area contributed by atoms with E-state index in [4.69, 9.17) is 10.8 Å². The van der Waals surface area contributed by atoms with Crippen LogP contribution in [0.2, 0.25) is 0 Å². The molecule has 2 aromatic heterocycles. The Balaban J connectivity index is 2.05. The summed E-state index contributed by atoms with van der Waals surface area (Å²) in [6, 6.07) is 17.0. The third kappa shape index (κ3) is 5.98. The molecular weight excluding hydrogens is 452 g/mol. The predicted molar refractivity (Wildman–Crippen MR) is 131 cm³/mol. The normalized spacial score (nSPS) is 13.8. The molecule has 0 aliphatic rings. The summed E-state index contributed by atoms with van der Waals surface area (Å²) in [5.41, 5.74) is 8.77. The quantitative estimate of drug-likeness (QED) is 0.422. The van der Waals surface area contributed by atoms with Crippen molar-refractivity contribution in [2.45, 2.75) is 43.5 Å². The molecule has 0 radical (unpaired) electrons. The standard InChI is InChI=1S/C25H30N4O4S/c1-24(2,3)15-18-10-12-19(13-11-18)16-25(26,34(32,33)22-9-4-5-14-27-22)20-7-6-8-21(29-20)28-17-23(30)31/h4-14H,15-17,26H2,1-3H3,(H,28,29)(H,30,31). The van der Waals surface area contributed by atoms with Crippen LogP contribution in [0.1, 0.15) is 37.6 Å². The smallest absolute Gasteiger partial charge is 0.322 e. The first kappa shape index (κ1) is 25.3. The fraction of sp³-hybridized carbons (Fsp3) is 0.320. The summed E-state index contributed by atoms with van der Waals surface area (Å²) < 4.78 is 27.5. The number of carboxylic acid groups (broad SMARTS) is 1. The van der Waals surface area contributed by atoms with Gasteiger partial charge in [-0.1, -0.05) is 57.2 Å². The molecule has 0 saturated carbocycles. The highest BCUT2D eigenvalue weighted by molar-refractivity contribution is 7.92. The van der Waals surface area contributed by atoms with E-state index < -0.39 is 20.7 Å². The molecule has 0 saturated heterocycles. The molecule has 8 nitrogen and oxygen atoms in total. The summed E-state index contributed by atoms with van der Waals surface area (Å²) in [6.07, 6.45) is 2.23. The van der Waals surface area contributed by atoms with E-state index in [-0.39, 0.29) is 34.9 Å². The van der Waals surface area contributed by atoms with E-state index in [0.717, 1.165) is 17.5 Å². The van der Waals surface area contributed by atoms with Crippen LogP contribution < -0.4 is 11.1 Å². The Kier molecular flexibility index (Phi) is 7.38. The van der Waals surface area contributed by atoms with Crippen LogP contribution in [0.5, 0.6) is 0 Å². The van der Waals surface area contributed by atoms with Crippen molar-refractivity contribution in [1.29, 1.82) is 0 Å². The largest absolute Gasteiger partial charge is 0.480 e. The van der Waals surface area contributed by atoms with Gasteiger partial charge in [0.15, 0.2) is 9.90 Å². The number of carboxylic acids is 1. The maximum absolute atomic E-state index is 13.7. The zero-order chi connectivity index (χ0) is 25.0.